The minimum absolute atomic E-state index is 0.121. The second-order valence-electron chi connectivity index (χ2n) is 5.99. The molecule has 1 aromatic heterocycles. The molecule has 1 aromatic carbocycles. The molecule has 1 amide bonds. The molecular weight excluding hydrogens is 344 g/mol. The lowest BCUT2D eigenvalue weighted by molar-refractivity contribution is 0.0949. The Kier molecular flexibility index (Phi) is 5.03. The van der Waals surface area contributed by atoms with Gasteiger partial charge in [0.25, 0.3) is 15.9 Å². The van der Waals surface area contributed by atoms with Crippen LogP contribution >= 0.6 is 11.3 Å². The summed E-state index contributed by atoms with van der Waals surface area (Å²) in [6, 6.07) is 8.34. The largest absolute Gasteiger partial charge is 0.276 e. The van der Waals surface area contributed by atoms with Crippen molar-refractivity contribution in [3.8, 4) is 0 Å². The summed E-state index contributed by atoms with van der Waals surface area (Å²) in [5.74, 6) is -0.413. The molecule has 5 nitrogen and oxygen atoms in total. The number of hydrazine groups is 1. The number of hydrogen-bond acceptors (Lipinski definition) is 4. The zero-order valence-corrected chi connectivity index (χ0v) is 15.1. The molecule has 0 atom stereocenters. The number of carbonyl (C=O) groups is 1. The molecule has 24 heavy (non-hydrogen) atoms. The number of carbonyl (C=O) groups excluding carboxylic acids is 1. The van der Waals surface area contributed by atoms with Crippen molar-refractivity contribution in [2.75, 3.05) is 0 Å². The number of sulfonamides is 1. The Morgan fingerprint density at radius 2 is 1.79 bits per heavy atom. The number of hydrogen-bond donors (Lipinski definition) is 2. The van der Waals surface area contributed by atoms with Gasteiger partial charge in [0, 0.05) is 4.88 Å². The average Bonchev–Trinajstić information content (AvgIpc) is 2.84. The van der Waals surface area contributed by atoms with E-state index in [0.29, 0.717) is 4.88 Å². The van der Waals surface area contributed by atoms with Gasteiger partial charge in [-0.3, -0.25) is 10.2 Å². The van der Waals surface area contributed by atoms with Gasteiger partial charge in [-0.05, 0) is 56.4 Å². The molecule has 0 saturated carbocycles. The first-order chi connectivity index (χ1) is 11.5. The smallest absolute Gasteiger partial charge is 0.273 e. The molecule has 0 bridgehead atoms. The second-order valence-corrected chi connectivity index (χ2v) is 8.81. The van der Waals surface area contributed by atoms with Gasteiger partial charge >= 0.3 is 0 Å². The lowest BCUT2D eigenvalue weighted by Gasteiger charge is -2.07. The van der Waals surface area contributed by atoms with E-state index in [4.69, 9.17) is 0 Å². The van der Waals surface area contributed by atoms with E-state index in [0.717, 1.165) is 31.2 Å². The first-order valence-corrected chi connectivity index (χ1v) is 10.3. The molecule has 2 N–H and O–H groups in total. The van der Waals surface area contributed by atoms with Crippen LogP contribution in [-0.2, 0) is 22.9 Å². The van der Waals surface area contributed by atoms with E-state index in [2.05, 4.69) is 10.3 Å². The van der Waals surface area contributed by atoms with Crippen molar-refractivity contribution >= 4 is 27.3 Å². The predicted molar refractivity (Wildman–Crippen MR) is 94.5 cm³/mol. The third-order valence-electron chi connectivity index (χ3n) is 4.10. The van der Waals surface area contributed by atoms with Crippen LogP contribution in [0.5, 0.6) is 0 Å². The zero-order chi connectivity index (χ0) is 17.2. The van der Waals surface area contributed by atoms with Crippen molar-refractivity contribution in [3.05, 3.63) is 51.2 Å². The topological polar surface area (TPSA) is 75.3 Å². The number of nitrogens with one attached hydrogen (secondary N) is 2. The van der Waals surface area contributed by atoms with E-state index < -0.39 is 15.9 Å². The highest BCUT2D eigenvalue weighted by Crippen LogP contribution is 2.28. The van der Waals surface area contributed by atoms with Gasteiger partial charge in [-0.25, -0.2) is 8.42 Å². The lowest BCUT2D eigenvalue weighted by atomic mass is 10.1. The van der Waals surface area contributed by atoms with Crippen LogP contribution in [0, 0.1) is 6.92 Å². The van der Waals surface area contributed by atoms with Crippen LogP contribution in [0.4, 0.5) is 0 Å². The minimum atomic E-state index is -3.77. The fraction of sp³-hybridized carbons (Fsp3) is 0.353. The van der Waals surface area contributed by atoms with Crippen LogP contribution in [0.2, 0.25) is 0 Å². The zero-order valence-electron chi connectivity index (χ0n) is 13.5. The summed E-state index contributed by atoms with van der Waals surface area (Å²) in [5, 5.41) is 0. The Balaban J connectivity index is 1.68. The molecule has 0 saturated heterocycles. The molecule has 1 aliphatic carbocycles. The van der Waals surface area contributed by atoms with Crippen molar-refractivity contribution in [1.29, 1.82) is 0 Å². The van der Waals surface area contributed by atoms with E-state index >= 15 is 0 Å². The average molecular weight is 364 g/mol. The number of aryl methyl sites for hydroxylation is 3. The molecule has 0 fully saturated rings. The van der Waals surface area contributed by atoms with Crippen LogP contribution < -0.4 is 10.3 Å². The monoisotopic (exact) mass is 364 g/mol. The maximum Gasteiger partial charge on any atom is 0.276 e. The van der Waals surface area contributed by atoms with E-state index in [9.17, 15) is 13.2 Å². The van der Waals surface area contributed by atoms with E-state index in [1.165, 1.54) is 40.3 Å². The van der Waals surface area contributed by atoms with Crippen LogP contribution in [0.3, 0.4) is 0 Å². The third kappa shape index (κ3) is 3.85. The quantitative estimate of drug-likeness (QED) is 0.647. The maximum absolute atomic E-state index is 12.3. The Hall–Kier alpha value is -1.70. The Morgan fingerprint density at radius 3 is 2.54 bits per heavy atom. The highest BCUT2D eigenvalue weighted by molar-refractivity contribution is 7.89. The molecule has 0 radical (unpaired) electrons. The number of thiophene rings is 1. The second kappa shape index (κ2) is 7.04. The van der Waals surface area contributed by atoms with Crippen molar-refractivity contribution in [1.82, 2.24) is 10.3 Å². The molecule has 0 spiro atoms. The molecule has 2 aromatic rings. The highest BCUT2D eigenvalue weighted by atomic mass is 32.2. The summed E-state index contributed by atoms with van der Waals surface area (Å²) >= 11 is 1.46. The fourth-order valence-electron chi connectivity index (χ4n) is 2.73. The van der Waals surface area contributed by atoms with Gasteiger partial charge < -0.3 is 0 Å². The van der Waals surface area contributed by atoms with Gasteiger partial charge in [-0.2, -0.15) is 0 Å². The van der Waals surface area contributed by atoms with E-state index in [1.54, 1.807) is 12.1 Å². The molecule has 128 valence electrons. The Bertz CT molecular complexity index is 816. The molecule has 7 heteroatoms. The van der Waals surface area contributed by atoms with E-state index in [-0.39, 0.29) is 4.90 Å². The molecule has 1 heterocycles. The summed E-state index contributed by atoms with van der Waals surface area (Å²) in [5.41, 5.74) is 4.51. The minimum Gasteiger partial charge on any atom is -0.273 e. The molecule has 0 aliphatic heterocycles. The standard InChI is InChI=1S/C17H20N2O3S2/c1-12-7-9-14(10-8-12)24(21,22)19-18-17(20)16-11-13-5-3-2-4-6-15(13)23-16/h7-11,19H,2-6H2,1H3,(H,18,20). The predicted octanol–water partition coefficient (Wildman–Crippen LogP) is 2.95. The summed E-state index contributed by atoms with van der Waals surface area (Å²) in [4.78, 5) is 16.3. The molecular formula is C17H20N2O3S2. The van der Waals surface area contributed by atoms with Crippen LogP contribution in [0.25, 0.3) is 0 Å². The number of amides is 1. The van der Waals surface area contributed by atoms with Crippen molar-refractivity contribution in [2.45, 2.75) is 43.9 Å². The van der Waals surface area contributed by atoms with Gasteiger partial charge in [0.15, 0.2) is 0 Å². The van der Waals surface area contributed by atoms with Gasteiger partial charge in [0.1, 0.15) is 0 Å². The Morgan fingerprint density at radius 1 is 1.08 bits per heavy atom. The summed E-state index contributed by atoms with van der Waals surface area (Å²) < 4.78 is 24.4. The number of benzene rings is 1. The normalized spacial score (nSPS) is 14.7. The lowest BCUT2D eigenvalue weighted by Crippen LogP contribution is -2.41. The van der Waals surface area contributed by atoms with Crippen LogP contribution in [0.1, 0.15) is 44.9 Å². The first-order valence-electron chi connectivity index (χ1n) is 7.96. The van der Waals surface area contributed by atoms with Gasteiger partial charge in [-0.1, -0.05) is 24.1 Å². The van der Waals surface area contributed by atoms with Crippen molar-refractivity contribution in [3.63, 3.8) is 0 Å². The van der Waals surface area contributed by atoms with Gasteiger partial charge in [-0.15, -0.1) is 16.2 Å². The molecule has 0 unspecified atom stereocenters. The number of rotatable bonds is 4. The summed E-state index contributed by atoms with van der Waals surface area (Å²) in [6.07, 6.45) is 5.51. The third-order valence-corrected chi connectivity index (χ3v) is 6.60. The summed E-state index contributed by atoms with van der Waals surface area (Å²) in [7, 11) is -3.77. The van der Waals surface area contributed by atoms with Crippen LogP contribution in [0.15, 0.2) is 35.2 Å². The SMILES string of the molecule is Cc1ccc(S(=O)(=O)NNC(=O)c2cc3c(s2)CCCCC3)cc1. The fourth-order valence-corrected chi connectivity index (χ4v) is 4.72. The number of fused-ring (bicyclic) bond motifs is 1. The van der Waals surface area contributed by atoms with Crippen molar-refractivity contribution < 1.29 is 13.2 Å². The first kappa shape index (κ1) is 17.1. The van der Waals surface area contributed by atoms with Crippen molar-refractivity contribution in [2.24, 2.45) is 0 Å². The highest BCUT2D eigenvalue weighted by Gasteiger charge is 2.19. The van der Waals surface area contributed by atoms with Gasteiger partial charge in [0.05, 0.1) is 9.77 Å². The molecule has 3 rings (SSSR count). The van der Waals surface area contributed by atoms with Gasteiger partial charge in [0.2, 0.25) is 0 Å². The maximum atomic E-state index is 12.3. The summed E-state index contributed by atoms with van der Waals surface area (Å²) in [6.45, 7) is 1.88. The Labute approximate surface area is 146 Å². The van der Waals surface area contributed by atoms with E-state index in [1.807, 2.05) is 13.0 Å². The van der Waals surface area contributed by atoms with Crippen LogP contribution in [-0.4, -0.2) is 14.3 Å². The molecule has 1 aliphatic rings.